The molecule has 0 aromatic heterocycles. The minimum atomic E-state index is -0.171. The molecule has 1 aliphatic heterocycles. The third-order valence-corrected chi connectivity index (χ3v) is 2.80. The summed E-state index contributed by atoms with van der Waals surface area (Å²) in [7, 11) is 0. The van der Waals surface area contributed by atoms with E-state index in [0.717, 1.165) is 12.8 Å². The summed E-state index contributed by atoms with van der Waals surface area (Å²) in [6, 6.07) is 6.98. The van der Waals surface area contributed by atoms with Crippen molar-refractivity contribution in [3.63, 3.8) is 0 Å². The van der Waals surface area contributed by atoms with E-state index in [1.54, 1.807) is 24.3 Å². The van der Waals surface area contributed by atoms with Crippen molar-refractivity contribution >= 4 is 11.8 Å². The highest BCUT2D eigenvalue weighted by atomic mass is 16.2. The SMILES string of the molecule is CCC=CCCN1C(=O)c2ccccc2C1=O. The average molecular weight is 229 g/mol. The van der Waals surface area contributed by atoms with Crippen LogP contribution in [-0.4, -0.2) is 23.3 Å². The van der Waals surface area contributed by atoms with Crippen molar-refractivity contribution in [2.45, 2.75) is 19.8 Å². The third kappa shape index (κ3) is 2.13. The fourth-order valence-electron chi connectivity index (χ4n) is 1.93. The molecule has 1 aromatic carbocycles. The first-order valence-corrected chi connectivity index (χ1v) is 5.86. The maximum atomic E-state index is 12.0. The van der Waals surface area contributed by atoms with Crippen molar-refractivity contribution in [3.05, 3.63) is 47.5 Å². The number of benzene rings is 1. The van der Waals surface area contributed by atoms with Crippen molar-refractivity contribution in [1.82, 2.24) is 4.90 Å². The van der Waals surface area contributed by atoms with Gasteiger partial charge in [0.05, 0.1) is 11.1 Å². The van der Waals surface area contributed by atoms with Crippen LogP contribution in [0.1, 0.15) is 40.5 Å². The molecule has 3 nitrogen and oxygen atoms in total. The number of amides is 2. The van der Waals surface area contributed by atoms with E-state index in [9.17, 15) is 9.59 Å². The molecule has 0 spiro atoms. The standard InChI is InChI=1S/C14H15NO2/c1-2-3-4-7-10-15-13(16)11-8-5-6-9-12(11)14(15)17/h3-6,8-9H,2,7,10H2,1H3. The lowest BCUT2D eigenvalue weighted by atomic mass is 10.1. The molecular formula is C14H15NO2. The average Bonchev–Trinajstić information content (AvgIpc) is 2.60. The van der Waals surface area contributed by atoms with Crippen LogP contribution >= 0.6 is 0 Å². The molecule has 2 rings (SSSR count). The summed E-state index contributed by atoms with van der Waals surface area (Å²) in [5.74, 6) is -0.342. The lowest BCUT2D eigenvalue weighted by molar-refractivity contribution is 0.0657. The van der Waals surface area contributed by atoms with E-state index in [0.29, 0.717) is 17.7 Å². The molecule has 0 bridgehead atoms. The predicted molar refractivity (Wildman–Crippen MR) is 65.9 cm³/mol. The fraction of sp³-hybridized carbons (Fsp3) is 0.286. The Balaban J connectivity index is 2.11. The van der Waals surface area contributed by atoms with Gasteiger partial charge in [0.25, 0.3) is 11.8 Å². The van der Waals surface area contributed by atoms with Crippen LogP contribution in [0.5, 0.6) is 0 Å². The number of hydrogen-bond donors (Lipinski definition) is 0. The molecule has 88 valence electrons. The Morgan fingerprint density at radius 1 is 1.06 bits per heavy atom. The van der Waals surface area contributed by atoms with Gasteiger partial charge < -0.3 is 0 Å². The third-order valence-electron chi connectivity index (χ3n) is 2.80. The number of rotatable bonds is 4. The number of nitrogens with zero attached hydrogens (tertiary/aromatic N) is 1. The van der Waals surface area contributed by atoms with Crippen LogP contribution in [0.15, 0.2) is 36.4 Å². The van der Waals surface area contributed by atoms with Gasteiger partial charge in [0.15, 0.2) is 0 Å². The van der Waals surface area contributed by atoms with Crippen LogP contribution in [0.4, 0.5) is 0 Å². The Hall–Kier alpha value is -1.90. The maximum absolute atomic E-state index is 12.0. The second-order valence-corrected chi connectivity index (χ2v) is 3.98. The minimum absolute atomic E-state index is 0.171. The zero-order valence-electron chi connectivity index (χ0n) is 9.85. The van der Waals surface area contributed by atoms with E-state index in [1.165, 1.54) is 4.90 Å². The number of hydrogen-bond acceptors (Lipinski definition) is 2. The van der Waals surface area contributed by atoms with E-state index in [1.807, 2.05) is 12.2 Å². The van der Waals surface area contributed by atoms with Gasteiger partial charge in [-0.2, -0.15) is 0 Å². The van der Waals surface area contributed by atoms with E-state index in [2.05, 4.69) is 6.92 Å². The molecule has 1 aliphatic rings. The molecule has 17 heavy (non-hydrogen) atoms. The molecule has 2 amide bonds. The number of fused-ring (bicyclic) bond motifs is 1. The first kappa shape index (κ1) is 11.6. The van der Waals surface area contributed by atoms with Gasteiger partial charge in [0.2, 0.25) is 0 Å². The zero-order valence-corrected chi connectivity index (χ0v) is 9.85. The summed E-state index contributed by atoms with van der Waals surface area (Å²) in [5.41, 5.74) is 1.05. The molecule has 0 saturated heterocycles. The molecule has 1 heterocycles. The molecule has 0 atom stereocenters. The Labute approximate surface area is 101 Å². The van der Waals surface area contributed by atoms with Crippen molar-refractivity contribution in [2.24, 2.45) is 0 Å². The van der Waals surface area contributed by atoms with E-state index in [4.69, 9.17) is 0 Å². The first-order chi connectivity index (χ1) is 8.25. The highest BCUT2D eigenvalue weighted by Crippen LogP contribution is 2.22. The maximum Gasteiger partial charge on any atom is 0.261 e. The van der Waals surface area contributed by atoms with Crippen molar-refractivity contribution < 1.29 is 9.59 Å². The molecule has 1 aromatic rings. The summed E-state index contributed by atoms with van der Waals surface area (Å²) in [6.45, 7) is 2.52. The Morgan fingerprint density at radius 2 is 1.65 bits per heavy atom. The Bertz CT molecular complexity index is 442. The zero-order chi connectivity index (χ0) is 12.3. The summed E-state index contributed by atoms with van der Waals surface area (Å²) < 4.78 is 0. The van der Waals surface area contributed by atoms with Gasteiger partial charge in [0.1, 0.15) is 0 Å². The molecule has 0 unspecified atom stereocenters. The van der Waals surface area contributed by atoms with Crippen LogP contribution in [0.25, 0.3) is 0 Å². The van der Waals surface area contributed by atoms with Gasteiger partial charge in [0, 0.05) is 6.54 Å². The monoisotopic (exact) mass is 229 g/mol. The van der Waals surface area contributed by atoms with Crippen LogP contribution in [0.2, 0.25) is 0 Å². The topological polar surface area (TPSA) is 37.4 Å². The van der Waals surface area contributed by atoms with Gasteiger partial charge >= 0.3 is 0 Å². The van der Waals surface area contributed by atoms with E-state index in [-0.39, 0.29) is 11.8 Å². The number of carbonyl (C=O) groups is 2. The largest absolute Gasteiger partial charge is 0.274 e. The van der Waals surface area contributed by atoms with E-state index >= 15 is 0 Å². The van der Waals surface area contributed by atoms with Gasteiger partial charge in [-0.3, -0.25) is 14.5 Å². The highest BCUT2D eigenvalue weighted by Gasteiger charge is 2.34. The Morgan fingerprint density at radius 3 is 2.18 bits per heavy atom. The summed E-state index contributed by atoms with van der Waals surface area (Å²) in [5, 5.41) is 0. The molecule has 0 radical (unpaired) electrons. The predicted octanol–water partition coefficient (Wildman–Crippen LogP) is 2.64. The van der Waals surface area contributed by atoms with Crippen molar-refractivity contribution in [3.8, 4) is 0 Å². The van der Waals surface area contributed by atoms with E-state index < -0.39 is 0 Å². The fourth-order valence-corrected chi connectivity index (χ4v) is 1.93. The van der Waals surface area contributed by atoms with Crippen molar-refractivity contribution in [1.29, 1.82) is 0 Å². The second kappa shape index (κ2) is 4.95. The number of imide groups is 1. The Kier molecular flexibility index (Phi) is 3.38. The summed E-state index contributed by atoms with van der Waals surface area (Å²) >= 11 is 0. The van der Waals surface area contributed by atoms with Crippen LogP contribution in [0, 0.1) is 0 Å². The smallest absolute Gasteiger partial charge is 0.261 e. The number of allylic oxidation sites excluding steroid dienone is 1. The van der Waals surface area contributed by atoms with Crippen LogP contribution < -0.4 is 0 Å². The minimum Gasteiger partial charge on any atom is -0.274 e. The molecule has 0 fully saturated rings. The van der Waals surface area contributed by atoms with Gasteiger partial charge in [-0.05, 0) is 25.0 Å². The second-order valence-electron chi connectivity index (χ2n) is 3.98. The quantitative estimate of drug-likeness (QED) is 0.588. The normalized spacial score (nSPS) is 14.8. The highest BCUT2D eigenvalue weighted by molar-refractivity contribution is 6.21. The molecular weight excluding hydrogens is 214 g/mol. The number of carbonyl (C=O) groups excluding carboxylic acids is 2. The van der Waals surface area contributed by atoms with Gasteiger partial charge in [-0.1, -0.05) is 31.2 Å². The van der Waals surface area contributed by atoms with Crippen LogP contribution in [0.3, 0.4) is 0 Å². The lowest BCUT2D eigenvalue weighted by Gasteiger charge is -2.11. The van der Waals surface area contributed by atoms with Crippen LogP contribution in [-0.2, 0) is 0 Å². The summed E-state index contributed by atoms with van der Waals surface area (Å²) in [6.07, 6.45) is 5.74. The van der Waals surface area contributed by atoms with Gasteiger partial charge in [-0.25, -0.2) is 0 Å². The molecule has 3 heteroatoms. The summed E-state index contributed by atoms with van der Waals surface area (Å²) in [4.78, 5) is 25.2. The van der Waals surface area contributed by atoms with Crippen molar-refractivity contribution in [2.75, 3.05) is 6.54 Å². The lowest BCUT2D eigenvalue weighted by Crippen LogP contribution is -2.30. The molecule has 0 aliphatic carbocycles. The van der Waals surface area contributed by atoms with Gasteiger partial charge in [-0.15, -0.1) is 0 Å². The molecule has 0 N–H and O–H groups in total. The molecule has 0 saturated carbocycles. The first-order valence-electron chi connectivity index (χ1n) is 5.86.